The molecule has 1 aromatic rings. The maximum absolute atomic E-state index is 11.6. The summed E-state index contributed by atoms with van der Waals surface area (Å²) in [5.41, 5.74) is 1.63. The molecule has 1 aliphatic rings. The van der Waals surface area contributed by atoms with Crippen LogP contribution in [0.3, 0.4) is 0 Å². The highest BCUT2D eigenvalue weighted by molar-refractivity contribution is 5.75. The number of rotatable bonds is 4. The van der Waals surface area contributed by atoms with Crippen molar-refractivity contribution in [3.8, 4) is 0 Å². The lowest BCUT2D eigenvalue weighted by molar-refractivity contribution is -0.130. The van der Waals surface area contributed by atoms with Gasteiger partial charge in [-0.2, -0.15) is 0 Å². The van der Waals surface area contributed by atoms with Crippen molar-refractivity contribution in [3.63, 3.8) is 0 Å². The van der Waals surface area contributed by atoms with Gasteiger partial charge in [-0.15, -0.1) is 0 Å². The summed E-state index contributed by atoms with van der Waals surface area (Å²) in [5, 5.41) is 0. The topological polar surface area (TPSA) is 66.4 Å². The third-order valence-corrected chi connectivity index (χ3v) is 3.80. The van der Waals surface area contributed by atoms with E-state index < -0.39 is 0 Å². The van der Waals surface area contributed by atoms with Crippen LogP contribution >= 0.6 is 0 Å². The first-order valence-electron chi connectivity index (χ1n) is 7.27. The van der Waals surface area contributed by atoms with Gasteiger partial charge in [0.1, 0.15) is 0 Å². The minimum absolute atomic E-state index is 0.0273. The van der Waals surface area contributed by atoms with Crippen molar-refractivity contribution >= 4 is 11.8 Å². The number of amides is 2. The molecule has 2 rings (SSSR count). The van der Waals surface area contributed by atoms with Crippen LogP contribution in [-0.2, 0) is 16.0 Å². The van der Waals surface area contributed by atoms with Crippen LogP contribution in [-0.4, -0.2) is 52.2 Å². The molecule has 114 valence electrons. The van der Waals surface area contributed by atoms with Gasteiger partial charge in [-0.3, -0.25) is 19.6 Å². The molecule has 6 heteroatoms. The van der Waals surface area contributed by atoms with E-state index >= 15 is 0 Å². The van der Waals surface area contributed by atoms with E-state index in [-0.39, 0.29) is 17.9 Å². The monoisotopic (exact) mass is 290 g/mol. The molecule has 2 amide bonds. The minimum Gasteiger partial charge on any atom is -0.349 e. The van der Waals surface area contributed by atoms with Crippen LogP contribution in [0, 0.1) is 0 Å². The van der Waals surface area contributed by atoms with Gasteiger partial charge >= 0.3 is 0 Å². The number of aromatic nitrogens is 2. The summed E-state index contributed by atoms with van der Waals surface area (Å²) in [5.74, 6) is 0.154. The predicted octanol–water partition coefficient (Wildman–Crippen LogP) is 1.18. The third-order valence-electron chi connectivity index (χ3n) is 3.80. The molecule has 1 saturated heterocycles. The van der Waals surface area contributed by atoms with Crippen molar-refractivity contribution in [2.24, 2.45) is 0 Å². The molecule has 0 radical (unpaired) electrons. The standard InChI is InChI=1S/C15H22N4O2/c1-11(20)19-8-4-5-14(19)13-10-16-9-12(17-13)6-7-15(21)18(2)3/h9-10,14H,4-8H2,1-3H3. The Labute approximate surface area is 125 Å². The number of likely N-dealkylation sites (tertiary alicyclic amines) is 1. The Morgan fingerprint density at radius 3 is 2.81 bits per heavy atom. The summed E-state index contributed by atoms with van der Waals surface area (Å²) in [6.45, 7) is 2.37. The molecule has 1 atom stereocenters. The van der Waals surface area contributed by atoms with E-state index in [4.69, 9.17) is 0 Å². The minimum atomic E-state index is 0.0273. The van der Waals surface area contributed by atoms with Gasteiger partial charge < -0.3 is 9.80 Å². The third kappa shape index (κ3) is 3.77. The fraction of sp³-hybridized carbons (Fsp3) is 0.600. The van der Waals surface area contributed by atoms with Crippen molar-refractivity contribution in [3.05, 3.63) is 23.8 Å². The van der Waals surface area contributed by atoms with Crippen LogP contribution in [0.25, 0.3) is 0 Å². The summed E-state index contributed by atoms with van der Waals surface area (Å²) >= 11 is 0. The van der Waals surface area contributed by atoms with Crippen molar-refractivity contribution in [1.29, 1.82) is 0 Å². The SMILES string of the molecule is CC(=O)N1CCCC1c1cncc(CCC(=O)N(C)C)n1. The van der Waals surface area contributed by atoms with Crippen molar-refractivity contribution in [2.75, 3.05) is 20.6 Å². The van der Waals surface area contributed by atoms with E-state index in [9.17, 15) is 9.59 Å². The number of nitrogens with zero attached hydrogens (tertiary/aromatic N) is 4. The van der Waals surface area contributed by atoms with Gasteiger partial charge in [-0.1, -0.05) is 0 Å². The van der Waals surface area contributed by atoms with E-state index in [2.05, 4.69) is 9.97 Å². The van der Waals surface area contributed by atoms with E-state index in [0.717, 1.165) is 30.8 Å². The zero-order chi connectivity index (χ0) is 15.4. The van der Waals surface area contributed by atoms with Crippen LogP contribution in [0.2, 0.25) is 0 Å². The number of hydrogen-bond acceptors (Lipinski definition) is 4. The van der Waals surface area contributed by atoms with Gasteiger partial charge in [0.25, 0.3) is 0 Å². The quantitative estimate of drug-likeness (QED) is 0.835. The summed E-state index contributed by atoms with van der Waals surface area (Å²) < 4.78 is 0. The maximum atomic E-state index is 11.6. The summed E-state index contributed by atoms with van der Waals surface area (Å²) in [6, 6.07) is 0.0273. The van der Waals surface area contributed by atoms with E-state index in [1.54, 1.807) is 38.3 Å². The highest BCUT2D eigenvalue weighted by Gasteiger charge is 2.29. The summed E-state index contributed by atoms with van der Waals surface area (Å²) in [4.78, 5) is 35.5. The zero-order valence-corrected chi connectivity index (χ0v) is 12.9. The van der Waals surface area contributed by atoms with Crippen molar-refractivity contribution in [2.45, 2.75) is 38.6 Å². The first-order valence-corrected chi connectivity index (χ1v) is 7.27. The Hall–Kier alpha value is -1.98. The lowest BCUT2D eigenvalue weighted by Crippen LogP contribution is -2.28. The van der Waals surface area contributed by atoms with Gasteiger partial charge in [0, 0.05) is 40.2 Å². The Morgan fingerprint density at radius 1 is 1.38 bits per heavy atom. The first kappa shape index (κ1) is 15.4. The average Bonchev–Trinajstić information content (AvgIpc) is 2.94. The maximum Gasteiger partial charge on any atom is 0.222 e. The van der Waals surface area contributed by atoms with Crippen LogP contribution < -0.4 is 0 Å². The highest BCUT2D eigenvalue weighted by Crippen LogP contribution is 2.30. The summed E-state index contributed by atoms with van der Waals surface area (Å²) in [7, 11) is 3.49. The van der Waals surface area contributed by atoms with Crippen LogP contribution in [0.15, 0.2) is 12.4 Å². The molecular formula is C15H22N4O2. The van der Waals surface area contributed by atoms with E-state index in [1.165, 1.54) is 0 Å². The van der Waals surface area contributed by atoms with Gasteiger partial charge in [0.15, 0.2) is 0 Å². The van der Waals surface area contributed by atoms with E-state index in [0.29, 0.717) is 12.8 Å². The molecule has 1 aliphatic heterocycles. The lowest BCUT2D eigenvalue weighted by atomic mass is 10.1. The van der Waals surface area contributed by atoms with Gasteiger partial charge in [0.2, 0.25) is 11.8 Å². The Morgan fingerprint density at radius 2 is 2.14 bits per heavy atom. The molecule has 0 aliphatic carbocycles. The smallest absolute Gasteiger partial charge is 0.222 e. The molecule has 2 heterocycles. The van der Waals surface area contributed by atoms with Crippen molar-refractivity contribution < 1.29 is 9.59 Å². The Balaban J connectivity index is 2.07. The van der Waals surface area contributed by atoms with Crippen molar-refractivity contribution in [1.82, 2.24) is 19.8 Å². The number of aryl methyl sites for hydroxylation is 1. The zero-order valence-electron chi connectivity index (χ0n) is 12.9. The van der Waals surface area contributed by atoms with Crippen LogP contribution in [0.4, 0.5) is 0 Å². The summed E-state index contributed by atoms with van der Waals surface area (Å²) in [6.07, 6.45) is 6.34. The van der Waals surface area contributed by atoms with Crippen LogP contribution in [0.5, 0.6) is 0 Å². The van der Waals surface area contributed by atoms with Crippen LogP contribution in [0.1, 0.15) is 43.6 Å². The molecule has 21 heavy (non-hydrogen) atoms. The number of carbonyl (C=O) groups is 2. The molecule has 0 aromatic carbocycles. The largest absolute Gasteiger partial charge is 0.349 e. The molecule has 1 unspecified atom stereocenters. The average molecular weight is 290 g/mol. The highest BCUT2D eigenvalue weighted by atomic mass is 16.2. The van der Waals surface area contributed by atoms with Gasteiger partial charge in [-0.25, -0.2) is 0 Å². The molecule has 0 N–H and O–H groups in total. The van der Waals surface area contributed by atoms with Gasteiger partial charge in [0.05, 0.1) is 23.6 Å². The fourth-order valence-electron chi connectivity index (χ4n) is 2.61. The lowest BCUT2D eigenvalue weighted by Gasteiger charge is -2.22. The molecular weight excluding hydrogens is 268 g/mol. The molecule has 1 fully saturated rings. The normalized spacial score (nSPS) is 17.9. The second-order valence-corrected chi connectivity index (χ2v) is 5.59. The molecule has 0 spiro atoms. The number of carbonyl (C=O) groups excluding carboxylic acids is 2. The number of hydrogen-bond donors (Lipinski definition) is 0. The fourth-order valence-corrected chi connectivity index (χ4v) is 2.61. The predicted molar refractivity (Wildman–Crippen MR) is 78.4 cm³/mol. The molecule has 1 aromatic heterocycles. The first-order chi connectivity index (χ1) is 9.99. The molecule has 6 nitrogen and oxygen atoms in total. The second kappa shape index (κ2) is 6.65. The Kier molecular flexibility index (Phi) is 4.88. The molecule has 0 saturated carbocycles. The van der Waals surface area contributed by atoms with E-state index in [1.807, 2.05) is 4.90 Å². The Bertz CT molecular complexity index is 530. The molecule has 0 bridgehead atoms. The van der Waals surface area contributed by atoms with Gasteiger partial charge in [-0.05, 0) is 19.3 Å². The second-order valence-electron chi connectivity index (χ2n) is 5.59.